The van der Waals surface area contributed by atoms with Gasteiger partial charge in [-0.05, 0) is 56.2 Å². The number of nitrogens with zero attached hydrogens (tertiary/aromatic N) is 2. The molecule has 0 saturated carbocycles. The summed E-state index contributed by atoms with van der Waals surface area (Å²) >= 11 is 0. The minimum absolute atomic E-state index is 0.129. The first-order valence-corrected chi connectivity index (χ1v) is 10.8. The van der Waals surface area contributed by atoms with Gasteiger partial charge >= 0.3 is 0 Å². The summed E-state index contributed by atoms with van der Waals surface area (Å²) in [5.41, 5.74) is 2.16. The number of ether oxygens (including phenoxy) is 1. The molecular weight excluding hydrogens is 376 g/mol. The molecule has 2 aromatic carbocycles. The third kappa shape index (κ3) is 4.54. The van der Waals surface area contributed by atoms with Crippen LogP contribution in [-0.4, -0.2) is 55.8 Å². The fraction of sp³-hybridized carbons (Fsp3) is 0.381. The first-order chi connectivity index (χ1) is 13.3. The molecule has 1 unspecified atom stereocenters. The molecule has 28 heavy (non-hydrogen) atoms. The van der Waals surface area contributed by atoms with Crippen molar-refractivity contribution in [3.05, 3.63) is 59.7 Å². The highest BCUT2D eigenvalue weighted by molar-refractivity contribution is 7.89. The molecule has 6 nitrogen and oxygen atoms in total. The van der Waals surface area contributed by atoms with Crippen LogP contribution in [0, 0.1) is 13.8 Å². The lowest BCUT2D eigenvalue weighted by atomic mass is 10.1. The summed E-state index contributed by atoms with van der Waals surface area (Å²) in [5, 5.41) is 0. The third-order valence-corrected chi connectivity index (χ3v) is 6.70. The normalized spacial score (nSPS) is 16.6. The number of hydrogen-bond donors (Lipinski definition) is 0. The largest absolute Gasteiger partial charge is 0.481 e. The lowest BCUT2D eigenvalue weighted by Gasteiger charge is -2.35. The van der Waals surface area contributed by atoms with Crippen molar-refractivity contribution in [1.29, 1.82) is 0 Å². The highest BCUT2D eigenvalue weighted by Crippen LogP contribution is 2.20. The van der Waals surface area contributed by atoms with Crippen molar-refractivity contribution in [2.45, 2.75) is 31.8 Å². The maximum Gasteiger partial charge on any atom is 0.263 e. The van der Waals surface area contributed by atoms with E-state index < -0.39 is 16.1 Å². The van der Waals surface area contributed by atoms with E-state index in [4.69, 9.17) is 4.74 Å². The lowest BCUT2D eigenvalue weighted by molar-refractivity contribution is -0.139. The fourth-order valence-corrected chi connectivity index (χ4v) is 4.85. The van der Waals surface area contributed by atoms with E-state index in [1.165, 1.54) is 4.31 Å². The molecule has 1 atom stereocenters. The Bertz CT molecular complexity index is 916. The van der Waals surface area contributed by atoms with Gasteiger partial charge in [0.25, 0.3) is 5.91 Å². The number of amides is 1. The number of hydrogen-bond acceptors (Lipinski definition) is 4. The Hall–Kier alpha value is -2.38. The van der Waals surface area contributed by atoms with E-state index in [-0.39, 0.29) is 23.9 Å². The van der Waals surface area contributed by atoms with Gasteiger partial charge in [-0.3, -0.25) is 4.79 Å². The quantitative estimate of drug-likeness (QED) is 0.771. The monoisotopic (exact) mass is 402 g/mol. The summed E-state index contributed by atoms with van der Waals surface area (Å²) in [6.07, 6.45) is -0.626. The van der Waals surface area contributed by atoms with Crippen LogP contribution in [0.5, 0.6) is 5.75 Å². The zero-order valence-electron chi connectivity index (χ0n) is 16.5. The molecule has 1 amide bonds. The van der Waals surface area contributed by atoms with Crippen LogP contribution in [0.2, 0.25) is 0 Å². The van der Waals surface area contributed by atoms with Crippen LogP contribution < -0.4 is 4.74 Å². The van der Waals surface area contributed by atoms with E-state index >= 15 is 0 Å². The molecule has 0 spiro atoms. The van der Waals surface area contributed by atoms with Crippen molar-refractivity contribution < 1.29 is 17.9 Å². The Morgan fingerprint density at radius 2 is 1.54 bits per heavy atom. The van der Waals surface area contributed by atoms with Crippen LogP contribution >= 0.6 is 0 Å². The van der Waals surface area contributed by atoms with E-state index in [9.17, 15) is 13.2 Å². The van der Waals surface area contributed by atoms with Crippen molar-refractivity contribution in [1.82, 2.24) is 9.21 Å². The maximum absolute atomic E-state index is 12.7. The van der Waals surface area contributed by atoms with Gasteiger partial charge in [-0.15, -0.1) is 0 Å². The molecular formula is C21H26N2O4S. The topological polar surface area (TPSA) is 66.9 Å². The van der Waals surface area contributed by atoms with Crippen molar-refractivity contribution in [2.75, 3.05) is 26.2 Å². The SMILES string of the molecule is Cc1cc(C)cc(OC(C)C(=O)N2CCN(S(=O)(=O)c3ccccc3)CC2)c1. The number of benzene rings is 2. The van der Waals surface area contributed by atoms with Crippen LogP contribution in [-0.2, 0) is 14.8 Å². The van der Waals surface area contributed by atoms with Gasteiger partial charge in [-0.1, -0.05) is 24.3 Å². The third-order valence-electron chi connectivity index (χ3n) is 4.79. The molecule has 7 heteroatoms. The lowest BCUT2D eigenvalue weighted by Crippen LogP contribution is -2.53. The molecule has 150 valence electrons. The molecule has 0 bridgehead atoms. The van der Waals surface area contributed by atoms with Crippen molar-refractivity contribution >= 4 is 15.9 Å². The molecule has 1 saturated heterocycles. The van der Waals surface area contributed by atoms with Crippen LogP contribution in [0.3, 0.4) is 0 Å². The maximum atomic E-state index is 12.7. The van der Waals surface area contributed by atoms with Gasteiger partial charge in [-0.2, -0.15) is 4.31 Å². The Morgan fingerprint density at radius 1 is 0.964 bits per heavy atom. The van der Waals surface area contributed by atoms with E-state index in [0.717, 1.165) is 11.1 Å². The van der Waals surface area contributed by atoms with Gasteiger partial charge in [0.2, 0.25) is 10.0 Å². The molecule has 0 aliphatic carbocycles. The fourth-order valence-electron chi connectivity index (χ4n) is 3.40. The zero-order chi connectivity index (χ0) is 20.3. The van der Waals surface area contributed by atoms with E-state index in [2.05, 4.69) is 0 Å². The first-order valence-electron chi connectivity index (χ1n) is 9.36. The predicted molar refractivity (Wildman–Crippen MR) is 108 cm³/mol. The summed E-state index contributed by atoms with van der Waals surface area (Å²) in [6, 6.07) is 14.2. The summed E-state index contributed by atoms with van der Waals surface area (Å²) in [7, 11) is -3.53. The second kappa shape index (κ2) is 8.32. The number of sulfonamides is 1. The van der Waals surface area contributed by atoms with Gasteiger partial charge in [0.05, 0.1) is 4.90 Å². The summed E-state index contributed by atoms with van der Waals surface area (Å²) in [6.45, 7) is 6.96. The van der Waals surface area contributed by atoms with Gasteiger partial charge in [0.1, 0.15) is 5.75 Å². The zero-order valence-corrected chi connectivity index (χ0v) is 17.3. The second-order valence-corrected chi connectivity index (χ2v) is 9.06. The number of aryl methyl sites for hydroxylation is 2. The molecule has 1 aliphatic rings. The van der Waals surface area contributed by atoms with Gasteiger partial charge in [0.15, 0.2) is 6.10 Å². The minimum atomic E-state index is -3.53. The molecule has 3 rings (SSSR count). The number of piperazine rings is 1. The molecule has 0 radical (unpaired) electrons. The molecule has 1 fully saturated rings. The Balaban J connectivity index is 1.60. The van der Waals surface area contributed by atoms with Crippen molar-refractivity contribution in [3.63, 3.8) is 0 Å². The van der Waals surface area contributed by atoms with Gasteiger partial charge in [0, 0.05) is 26.2 Å². The van der Waals surface area contributed by atoms with Gasteiger partial charge in [-0.25, -0.2) is 8.42 Å². The second-order valence-electron chi connectivity index (χ2n) is 7.13. The summed E-state index contributed by atoms with van der Waals surface area (Å²) < 4.78 is 32.7. The van der Waals surface area contributed by atoms with E-state index in [1.807, 2.05) is 32.0 Å². The van der Waals surface area contributed by atoms with Crippen molar-refractivity contribution in [3.8, 4) is 5.75 Å². The predicted octanol–water partition coefficient (Wildman–Crippen LogP) is 2.60. The Morgan fingerprint density at radius 3 is 2.11 bits per heavy atom. The first kappa shape index (κ1) is 20.4. The van der Waals surface area contributed by atoms with Crippen LogP contribution in [0.1, 0.15) is 18.1 Å². The Labute approximate surface area is 166 Å². The molecule has 1 heterocycles. The van der Waals surface area contributed by atoms with E-state index in [0.29, 0.717) is 18.8 Å². The Kier molecular flexibility index (Phi) is 6.05. The van der Waals surface area contributed by atoms with Gasteiger partial charge < -0.3 is 9.64 Å². The molecule has 1 aliphatic heterocycles. The van der Waals surface area contributed by atoms with Crippen LogP contribution in [0.4, 0.5) is 0 Å². The summed E-state index contributed by atoms with van der Waals surface area (Å²) in [4.78, 5) is 14.7. The number of carbonyl (C=O) groups excluding carboxylic acids is 1. The average molecular weight is 403 g/mol. The highest BCUT2D eigenvalue weighted by Gasteiger charge is 2.31. The molecule has 0 aromatic heterocycles. The van der Waals surface area contributed by atoms with Crippen LogP contribution in [0.15, 0.2) is 53.4 Å². The number of rotatable bonds is 5. The molecule has 0 N–H and O–H groups in total. The molecule has 2 aromatic rings. The minimum Gasteiger partial charge on any atom is -0.481 e. The smallest absolute Gasteiger partial charge is 0.263 e. The number of carbonyl (C=O) groups is 1. The van der Waals surface area contributed by atoms with Crippen LogP contribution in [0.25, 0.3) is 0 Å². The van der Waals surface area contributed by atoms with E-state index in [1.54, 1.807) is 42.2 Å². The highest BCUT2D eigenvalue weighted by atomic mass is 32.2. The average Bonchev–Trinajstić information content (AvgIpc) is 2.67. The standard InChI is InChI=1S/C21H26N2O4S/c1-16-13-17(2)15-19(14-16)27-18(3)21(24)22-9-11-23(12-10-22)28(25,26)20-7-5-4-6-8-20/h4-8,13-15,18H,9-12H2,1-3H3. The van der Waals surface area contributed by atoms with Crippen molar-refractivity contribution in [2.24, 2.45) is 0 Å². The summed E-state index contributed by atoms with van der Waals surface area (Å²) in [5.74, 6) is 0.541.